The van der Waals surface area contributed by atoms with Crippen molar-refractivity contribution in [2.24, 2.45) is 0 Å². The van der Waals surface area contributed by atoms with Crippen LogP contribution in [0.1, 0.15) is 12.5 Å². The van der Waals surface area contributed by atoms with Gasteiger partial charge in [-0.25, -0.2) is 0 Å². The predicted octanol–water partition coefficient (Wildman–Crippen LogP) is 3.99. The molecule has 0 heterocycles. The lowest BCUT2D eigenvalue weighted by Crippen LogP contribution is -2.23. The maximum absolute atomic E-state index is 3.30. The monoisotopic (exact) mass is 257 g/mol. The largest absolute Gasteiger partial charge is 0.317 e. The van der Waals surface area contributed by atoms with Crippen molar-refractivity contribution in [3.8, 4) is 0 Å². The van der Waals surface area contributed by atoms with Crippen molar-refractivity contribution in [1.82, 2.24) is 5.32 Å². The first-order valence-electron chi connectivity index (χ1n) is 6.27. The van der Waals surface area contributed by atoms with E-state index in [1.165, 1.54) is 15.4 Å². The van der Waals surface area contributed by atoms with Crippen LogP contribution in [0, 0.1) is 0 Å². The molecule has 0 radical (unpaired) electrons. The molecule has 1 atom stereocenters. The molecule has 2 rings (SSSR count). The highest BCUT2D eigenvalue weighted by molar-refractivity contribution is 7.99. The fourth-order valence-corrected chi connectivity index (χ4v) is 2.80. The van der Waals surface area contributed by atoms with Gasteiger partial charge in [0.25, 0.3) is 0 Å². The molecule has 0 aliphatic carbocycles. The minimum Gasteiger partial charge on any atom is -0.317 e. The molecular formula is C16H19NS. The Bertz CT molecular complexity index is 481. The van der Waals surface area contributed by atoms with Gasteiger partial charge in [0.2, 0.25) is 0 Å². The molecular weight excluding hydrogens is 238 g/mol. The lowest BCUT2D eigenvalue weighted by Gasteiger charge is -2.13. The standard InChI is InChI=1S/C16H19NS/c1-13(17-2)12-14-8-6-7-11-16(14)18-15-9-4-3-5-10-15/h3-11,13,17H,12H2,1-2H3/t13-/m0/s1. The SMILES string of the molecule is CN[C@@H](C)Cc1ccccc1Sc1ccccc1. The van der Waals surface area contributed by atoms with Gasteiger partial charge in [0.05, 0.1) is 0 Å². The second-order valence-corrected chi connectivity index (χ2v) is 5.53. The number of hydrogen-bond donors (Lipinski definition) is 1. The van der Waals surface area contributed by atoms with Crippen molar-refractivity contribution in [3.63, 3.8) is 0 Å². The van der Waals surface area contributed by atoms with Crippen molar-refractivity contribution < 1.29 is 0 Å². The van der Waals surface area contributed by atoms with Crippen LogP contribution in [0.3, 0.4) is 0 Å². The molecule has 0 aliphatic heterocycles. The molecule has 0 amide bonds. The van der Waals surface area contributed by atoms with Crippen LogP contribution >= 0.6 is 11.8 Å². The topological polar surface area (TPSA) is 12.0 Å². The summed E-state index contributed by atoms with van der Waals surface area (Å²) in [6.07, 6.45) is 1.06. The number of benzene rings is 2. The Morgan fingerprint density at radius 3 is 2.39 bits per heavy atom. The van der Waals surface area contributed by atoms with Gasteiger partial charge in [-0.15, -0.1) is 0 Å². The number of rotatable bonds is 5. The highest BCUT2D eigenvalue weighted by Gasteiger charge is 2.06. The Morgan fingerprint density at radius 2 is 1.67 bits per heavy atom. The van der Waals surface area contributed by atoms with Crippen molar-refractivity contribution in [2.45, 2.75) is 29.2 Å². The molecule has 2 heteroatoms. The van der Waals surface area contributed by atoms with Crippen molar-refractivity contribution in [3.05, 3.63) is 60.2 Å². The normalized spacial score (nSPS) is 12.3. The van der Waals surface area contributed by atoms with E-state index >= 15 is 0 Å². The Kier molecular flexibility index (Phi) is 4.85. The molecule has 1 N–H and O–H groups in total. The molecule has 0 aliphatic rings. The predicted molar refractivity (Wildman–Crippen MR) is 79.2 cm³/mol. The van der Waals surface area contributed by atoms with E-state index in [1.807, 2.05) is 18.8 Å². The quantitative estimate of drug-likeness (QED) is 0.869. The summed E-state index contributed by atoms with van der Waals surface area (Å²) in [5, 5.41) is 3.30. The lowest BCUT2D eigenvalue weighted by molar-refractivity contribution is 0.604. The summed E-state index contributed by atoms with van der Waals surface area (Å²) in [6.45, 7) is 2.21. The average Bonchev–Trinajstić information content (AvgIpc) is 2.42. The third-order valence-corrected chi connectivity index (χ3v) is 4.09. The second-order valence-electron chi connectivity index (χ2n) is 4.42. The van der Waals surface area contributed by atoms with Gasteiger partial charge >= 0.3 is 0 Å². The third-order valence-electron chi connectivity index (χ3n) is 2.96. The Morgan fingerprint density at radius 1 is 1.00 bits per heavy atom. The minimum absolute atomic E-state index is 0.502. The van der Waals surface area contributed by atoms with E-state index in [9.17, 15) is 0 Å². The molecule has 2 aromatic rings. The van der Waals surface area contributed by atoms with Crippen LogP contribution in [-0.4, -0.2) is 13.1 Å². The van der Waals surface area contributed by atoms with E-state index in [-0.39, 0.29) is 0 Å². The molecule has 18 heavy (non-hydrogen) atoms. The first-order chi connectivity index (χ1) is 8.79. The first-order valence-corrected chi connectivity index (χ1v) is 7.09. The van der Waals surface area contributed by atoms with E-state index in [0.29, 0.717) is 6.04 Å². The zero-order valence-corrected chi connectivity index (χ0v) is 11.7. The zero-order chi connectivity index (χ0) is 12.8. The average molecular weight is 257 g/mol. The summed E-state index contributed by atoms with van der Waals surface area (Å²) in [5.74, 6) is 0. The van der Waals surface area contributed by atoms with Gasteiger partial charge in [0.15, 0.2) is 0 Å². The van der Waals surface area contributed by atoms with Crippen LogP contribution < -0.4 is 5.32 Å². The highest BCUT2D eigenvalue weighted by Crippen LogP contribution is 2.30. The van der Waals surface area contributed by atoms with Crippen LogP contribution in [0.2, 0.25) is 0 Å². The zero-order valence-electron chi connectivity index (χ0n) is 10.9. The molecule has 0 spiro atoms. The maximum Gasteiger partial charge on any atom is 0.0154 e. The van der Waals surface area contributed by atoms with Gasteiger partial charge < -0.3 is 5.32 Å². The summed E-state index contributed by atoms with van der Waals surface area (Å²) in [7, 11) is 2.01. The molecule has 0 aromatic heterocycles. The van der Waals surface area contributed by atoms with Gasteiger partial charge in [0, 0.05) is 15.8 Å². The van der Waals surface area contributed by atoms with E-state index in [1.54, 1.807) is 0 Å². The summed E-state index contributed by atoms with van der Waals surface area (Å²) >= 11 is 1.84. The molecule has 0 saturated heterocycles. The summed E-state index contributed by atoms with van der Waals surface area (Å²) in [4.78, 5) is 2.65. The van der Waals surface area contributed by atoms with Gasteiger partial charge in [-0.05, 0) is 44.2 Å². The van der Waals surface area contributed by atoms with Gasteiger partial charge in [-0.1, -0.05) is 48.2 Å². The fourth-order valence-electron chi connectivity index (χ4n) is 1.82. The molecule has 94 valence electrons. The van der Waals surface area contributed by atoms with E-state index in [4.69, 9.17) is 0 Å². The fraction of sp³-hybridized carbons (Fsp3) is 0.250. The highest BCUT2D eigenvalue weighted by atomic mass is 32.2. The number of likely N-dealkylation sites (N-methyl/N-ethyl adjacent to an activating group) is 1. The molecule has 0 saturated carbocycles. The number of hydrogen-bond acceptors (Lipinski definition) is 2. The van der Waals surface area contributed by atoms with E-state index < -0.39 is 0 Å². The molecule has 1 nitrogen and oxygen atoms in total. The smallest absolute Gasteiger partial charge is 0.0154 e. The molecule has 0 unspecified atom stereocenters. The Balaban J connectivity index is 2.17. The second kappa shape index (κ2) is 6.62. The third kappa shape index (κ3) is 3.62. The number of nitrogens with one attached hydrogen (secondary N) is 1. The molecule has 2 aromatic carbocycles. The van der Waals surface area contributed by atoms with Gasteiger partial charge in [0.1, 0.15) is 0 Å². The Labute approximate surface area is 114 Å². The molecule has 0 fully saturated rings. The van der Waals surface area contributed by atoms with E-state index in [2.05, 4.69) is 66.8 Å². The van der Waals surface area contributed by atoms with Gasteiger partial charge in [-0.2, -0.15) is 0 Å². The van der Waals surface area contributed by atoms with Crippen LogP contribution in [0.4, 0.5) is 0 Å². The lowest BCUT2D eigenvalue weighted by atomic mass is 10.1. The van der Waals surface area contributed by atoms with Crippen LogP contribution in [0.5, 0.6) is 0 Å². The first kappa shape index (κ1) is 13.2. The van der Waals surface area contributed by atoms with Crippen LogP contribution in [0.15, 0.2) is 64.4 Å². The summed E-state index contributed by atoms with van der Waals surface area (Å²) < 4.78 is 0. The van der Waals surface area contributed by atoms with Crippen molar-refractivity contribution in [1.29, 1.82) is 0 Å². The van der Waals surface area contributed by atoms with Crippen molar-refractivity contribution in [2.75, 3.05) is 7.05 Å². The Hall–Kier alpha value is -1.25. The van der Waals surface area contributed by atoms with Crippen LogP contribution in [-0.2, 0) is 6.42 Å². The minimum atomic E-state index is 0.502. The van der Waals surface area contributed by atoms with Crippen LogP contribution in [0.25, 0.3) is 0 Å². The molecule has 0 bridgehead atoms. The summed E-state index contributed by atoms with van der Waals surface area (Å²) in [6, 6.07) is 19.7. The van der Waals surface area contributed by atoms with E-state index in [0.717, 1.165) is 6.42 Å². The van der Waals surface area contributed by atoms with Crippen molar-refractivity contribution >= 4 is 11.8 Å². The van der Waals surface area contributed by atoms with Gasteiger partial charge in [-0.3, -0.25) is 0 Å². The summed E-state index contributed by atoms with van der Waals surface area (Å²) in [5.41, 5.74) is 1.41. The maximum atomic E-state index is 3.30.